The van der Waals surface area contributed by atoms with Gasteiger partial charge in [0.15, 0.2) is 5.96 Å². The lowest BCUT2D eigenvalue weighted by Gasteiger charge is -2.28. The molecule has 1 atom stereocenters. The van der Waals surface area contributed by atoms with Crippen molar-refractivity contribution in [3.05, 3.63) is 54.2 Å². The molecule has 1 aliphatic rings. The van der Waals surface area contributed by atoms with Gasteiger partial charge in [-0.05, 0) is 49.1 Å². The minimum atomic E-state index is 0.451. The molecule has 28 heavy (non-hydrogen) atoms. The highest BCUT2D eigenvalue weighted by Crippen LogP contribution is 2.22. The average Bonchev–Trinajstić information content (AvgIpc) is 2.75. The summed E-state index contributed by atoms with van der Waals surface area (Å²) in [5, 5.41) is 7.30. The van der Waals surface area contributed by atoms with Gasteiger partial charge in [-0.15, -0.1) is 11.8 Å². The maximum Gasteiger partial charge on any atom is 0.191 e. The number of rotatable bonds is 7. The van der Waals surface area contributed by atoms with Gasteiger partial charge in [0.1, 0.15) is 5.82 Å². The van der Waals surface area contributed by atoms with Gasteiger partial charge in [0.05, 0.1) is 0 Å². The van der Waals surface area contributed by atoms with E-state index < -0.39 is 0 Å². The second-order valence-corrected chi connectivity index (χ2v) is 8.63. The van der Waals surface area contributed by atoms with Gasteiger partial charge in [-0.25, -0.2) is 4.98 Å². The van der Waals surface area contributed by atoms with Crippen molar-refractivity contribution >= 4 is 23.5 Å². The maximum atomic E-state index is 4.56. The number of anilines is 1. The minimum Gasteiger partial charge on any atom is -0.357 e. The van der Waals surface area contributed by atoms with Crippen LogP contribution in [0.2, 0.25) is 0 Å². The first-order valence-electron chi connectivity index (χ1n) is 10.1. The summed E-state index contributed by atoms with van der Waals surface area (Å²) in [7, 11) is 1.82. The van der Waals surface area contributed by atoms with Crippen LogP contribution in [-0.2, 0) is 6.54 Å². The van der Waals surface area contributed by atoms with E-state index in [9.17, 15) is 0 Å². The largest absolute Gasteiger partial charge is 0.357 e. The molecule has 5 nitrogen and oxygen atoms in total. The van der Waals surface area contributed by atoms with Gasteiger partial charge < -0.3 is 15.5 Å². The Morgan fingerprint density at radius 3 is 2.68 bits per heavy atom. The third-order valence-electron chi connectivity index (χ3n) is 4.81. The molecule has 6 heteroatoms. The molecule has 1 aliphatic heterocycles. The van der Waals surface area contributed by atoms with Crippen LogP contribution in [0.25, 0.3) is 0 Å². The highest BCUT2D eigenvalue weighted by molar-refractivity contribution is 8.00. The average molecular weight is 398 g/mol. The summed E-state index contributed by atoms with van der Waals surface area (Å²) in [6.07, 6.45) is 5.77. The Morgan fingerprint density at radius 1 is 1.14 bits per heavy atom. The Kier molecular flexibility index (Phi) is 8.03. The molecule has 1 aromatic heterocycles. The molecule has 0 spiro atoms. The second-order valence-electron chi connectivity index (χ2n) is 7.12. The van der Waals surface area contributed by atoms with Crippen LogP contribution < -0.4 is 15.5 Å². The van der Waals surface area contributed by atoms with Crippen LogP contribution in [0.15, 0.2) is 58.5 Å². The van der Waals surface area contributed by atoms with Crippen molar-refractivity contribution in [2.24, 2.45) is 4.99 Å². The molecule has 2 aromatic rings. The number of aliphatic imine (C=N–C) groups is 1. The van der Waals surface area contributed by atoms with Crippen molar-refractivity contribution in [2.45, 2.75) is 42.9 Å². The van der Waals surface area contributed by atoms with Gasteiger partial charge in [0.2, 0.25) is 0 Å². The molecule has 2 N–H and O–H groups in total. The van der Waals surface area contributed by atoms with Crippen molar-refractivity contribution in [3.8, 4) is 0 Å². The first-order chi connectivity index (χ1) is 13.7. The van der Waals surface area contributed by atoms with Gasteiger partial charge in [0, 0.05) is 49.6 Å². The van der Waals surface area contributed by atoms with Crippen LogP contribution in [0.4, 0.5) is 5.82 Å². The molecule has 1 aromatic carbocycles. The minimum absolute atomic E-state index is 0.451. The van der Waals surface area contributed by atoms with Crippen molar-refractivity contribution in [1.82, 2.24) is 15.6 Å². The maximum absolute atomic E-state index is 4.56. The molecule has 0 radical (unpaired) electrons. The number of hydrogen-bond donors (Lipinski definition) is 2. The van der Waals surface area contributed by atoms with Crippen LogP contribution in [-0.4, -0.2) is 42.9 Å². The summed E-state index contributed by atoms with van der Waals surface area (Å²) in [5.41, 5.74) is 1.23. The first kappa shape index (κ1) is 20.5. The number of nitrogens with zero attached hydrogens (tertiary/aromatic N) is 3. The summed E-state index contributed by atoms with van der Waals surface area (Å²) in [4.78, 5) is 12.6. The smallest absolute Gasteiger partial charge is 0.191 e. The van der Waals surface area contributed by atoms with E-state index in [0.717, 1.165) is 38.0 Å². The van der Waals surface area contributed by atoms with Gasteiger partial charge >= 0.3 is 0 Å². The van der Waals surface area contributed by atoms with Crippen LogP contribution in [0, 0.1) is 0 Å². The molecule has 1 fully saturated rings. The van der Waals surface area contributed by atoms with E-state index in [1.54, 1.807) is 0 Å². The summed E-state index contributed by atoms with van der Waals surface area (Å²) >= 11 is 1.87. The summed E-state index contributed by atoms with van der Waals surface area (Å²) in [6, 6.07) is 14.8. The zero-order chi connectivity index (χ0) is 19.6. The lowest BCUT2D eigenvalue weighted by atomic mass is 10.1. The molecule has 3 rings (SSSR count). The van der Waals surface area contributed by atoms with Crippen LogP contribution in [0.5, 0.6) is 0 Å². The number of nitrogens with one attached hydrogen (secondary N) is 2. The third kappa shape index (κ3) is 6.44. The number of guanidine groups is 1. The standard InChI is InChI=1S/C22H31N5S/c1-18(28-20-9-5-3-6-10-20)16-25-22(23-2)26-17-19-11-12-24-21(15-19)27-13-7-4-8-14-27/h3,5-6,9-12,15,18H,4,7-8,13-14,16-17H2,1-2H3,(H2,23,25,26). The lowest BCUT2D eigenvalue weighted by molar-refractivity contribution is 0.573. The van der Waals surface area contributed by atoms with Crippen molar-refractivity contribution in [1.29, 1.82) is 0 Å². The normalized spacial score (nSPS) is 15.9. The molecule has 0 amide bonds. The Labute approximate surface area is 173 Å². The predicted octanol–water partition coefficient (Wildman–Crippen LogP) is 3.92. The van der Waals surface area contributed by atoms with Crippen LogP contribution >= 0.6 is 11.8 Å². The predicted molar refractivity (Wildman–Crippen MR) is 120 cm³/mol. The SMILES string of the molecule is CN=C(NCc1ccnc(N2CCCCC2)c1)NCC(C)Sc1ccccc1. The highest BCUT2D eigenvalue weighted by Gasteiger charge is 2.12. The number of hydrogen-bond acceptors (Lipinski definition) is 4. The van der Waals surface area contributed by atoms with Crippen molar-refractivity contribution in [2.75, 3.05) is 31.6 Å². The van der Waals surface area contributed by atoms with E-state index in [2.05, 4.69) is 74.9 Å². The molecular weight excluding hydrogens is 366 g/mol. The fourth-order valence-corrected chi connectivity index (χ4v) is 4.23. The number of piperidine rings is 1. The van der Waals surface area contributed by atoms with Crippen molar-refractivity contribution < 1.29 is 0 Å². The van der Waals surface area contributed by atoms with E-state index in [-0.39, 0.29) is 0 Å². The second kappa shape index (κ2) is 11.0. The van der Waals surface area contributed by atoms with E-state index in [0.29, 0.717) is 5.25 Å². The lowest BCUT2D eigenvalue weighted by Crippen LogP contribution is -2.39. The van der Waals surface area contributed by atoms with Gasteiger partial charge in [-0.2, -0.15) is 0 Å². The van der Waals surface area contributed by atoms with Crippen molar-refractivity contribution in [3.63, 3.8) is 0 Å². The molecule has 1 unspecified atom stereocenters. The zero-order valence-electron chi connectivity index (χ0n) is 16.9. The summed E-state index contributed by atoms with van der Waals surface area (Å²) in [5.74, 6) is 1.92. The Hall–Kier alpha value is -2.21. The number of benzene rings is 1. The molecule has 150 valence electrons. The molecule has 0 saturated carbocycles. The van der Waals surface area contributed by atoms with E-state index >= 15 is 0 Å². The highest BCUT2D eigenvalue weighted by atomic mass is 32.2. The topological polar surface area (TPSA) is 52.6 Å². The van der Waals surface area contributed by atoms with E-state index in [1.807, 2.05) is 25.0 Å². The molecule has 0 aliphatic carbocycles. The Bertz CT molecular complexity index is 744. The van der Waals surface area contributed by atoms with Gasteiger partial charge in [-0.3, -0.25) is 4.99 Å². The van der Waals surface area contributed by atoms with Crippen LogP contribution in [0.1, 0.15) is 31.7 Å². The van der Waals surface area contributed by atoms with E-state index in [4.69, 9.17) is 0 Å². The quantitative estimate of drug-likeness (QED) is 0.421. The fourth-order valence-electron chi connectivity index (χ4n) is 3.29. The Balaban J connectivity index is 1.46. The number of aromatic nitrogens is 1. The van der Waals surface area contributed by atoms with Crippen LogP contribution in [0.3, 0.4) is 0 Å². The number of thioether (sulfide) groups is 1. The van der Waals surface area contributed by atoms with E-state index in [1.165, 1.54) is 29.7 Å². The summed E-state index contributed by atoms with van der Waals surface area (Å²) in [6.45, 7) is 6.05. The van der Waals surface area contributed by atoms with Gasteiger partial charge in [0.25, 0.3) is 0 Å². The molecule has 0 bridgehead atoms. The Morgan fingerprint density at radius 2 is 1.93 bits per heavy atom. The third-order valence-corrected chi connectivity index (χ3v) is 5.92. The zero-order valence-corrected chi connectivity index (χ0v) is 17.7. The molecular formula is C22H31N5S. The molecule has 1 saturated heterocycles. The monoisotopic (exact) mass is 397 g/mol. The summed E-state index contributed by atoms with van der Waals surface area (Å²) < 4.78 is 0. The van der Waals surface area contributed by atoms with Gasteiger partial charge in [-0.1, -0.05) is 25.1 Å². The first-order valence-corrected chi connectivity index (χ1v) is 11.0. The molecule has 2 heterocycles. The number of pyridine rings is 1. The fraction of sp³-hybridized carbons (Fsp3) is 0.455.